The van der Waals surface area contributed by atoms with Crippen molar-refractivity contribution < 1.29 is 9.53 Å². The minimum absolute atomic E-state index is 0.290. The predicted molar refractivity (Wildman–Crippen MR) is 68.9 cm³/mol. The van der Waals surface area contributed by atoms with E-state index in [4.69, 9.17) is 10.5 Å². The van der Waals surface area contributed by atoms with Crippen LogP contribution in [-0.2, 0) is 4.74 Å². The monoisotopic (exact) mass is 239 g/mol. The minimum atomic E-state index is -0.290. The summed E-state index contributed by atoms with van der Waals surface area (Å²) in [6.07, 6.45) is 0. The van der Waals surface area contributed by atoms with Crippen molar-refractivity contribution in [3.8, 4) is 0 Å². The third-order valence-corrected chi connectivity index (χ3v) is 3.12. The number of carbonyl (C=O) groups excluding carboxylic acids is 1. The van der Waals surface area contributed by atoms with Gasteiger partial charge in [0.15, 0.2) is 0 Å². The first-order valence-electron chi connectivity index (χ1n) is 5.26. The lowest BCUT2D eigenvalue weighted by atomic mass is 10.1. The van der Waals surface area contributed by atoms with Crippen molar-refractivity contribution in [2.75, 3.05) is 23.8 Å². The van der Waals surface area contributed by atoms with Gasteiger partial charge in [-0.2, -0.15) is 11.8 Å². The van der Waals surface area contributed by atoms with E-state index in [9.17, 15) is 4.79 Å². The van der Waals surface area contributed by atoms with E-state index >= 15 is 0 Å². The standard InChI is InChI=1S/C12H17NO2S/c1-3-16-8-7-15-12(14)10-5-4-6-11(13)9(10)2/h4-6H,3,7-8,13H2,1-2H3. The van der Waals surface area contributed by atoms with Gasteiger partial charge in [0.1, 0.15) is 6.61 Å². The zero-order chi connectivity index (χ0) is 12.0. The molecule has 0 spiro atoms. The summed E-state index contributed by atoms with van der Waals surface area (Å²) in [5.74, 6) is 1.58. The molecule has 2 N–H and O–H groups in total. The molecule has 0 saturated heterocycles. The number of hydrogen-bond acceptors (Lipinski definition) is 4. The van der Waals surface area contributed by atoms with Crippen molar-refractivity contribution in [3.05, 3.63) is 29.3 Å². The van der Waals surface area contributed by atoms with E-state index in [1.807, 2.05) is 6.92 Å². The SMILES string of the molecule is CCSCCOC(=O)c1cccc(N)c1C. The van der Waals surface area contributed by atoms with Gasteiger partial charge < -0.3 is 10.5 Å². The second-order valence-corrected chi connectivity index (χ2v) is 4.75. The molecule has 1 aromatic rings. The average molecular weight is 239 g/mol. The summed E-state index contributed by atoms with van der Waals surface area (Å²) in [5, 5.41) is 0. The van der Waals surface area contributed by atoms with Crippen molar-refractivity contribution in [2.24, 2.45) is 0 Å². The Labute approximate surface area is 100 Å². The van der Waals surface area contributed by atoms with Gasteiger partial charge in [-0.3, -0.25) is 0 Å². The van der Waals surface area contributed by atoms with E-state index in [2.05, 4.69) is 6.92 Å². The van der Waals surface area contributed by atoms with Gasteiger partial charge in [0, 0.05) is 11.4 Å². The lowest BCUT2D eigenvalue weighted by molar-refractivity contribution is 0.0529. The van der Waals surface area contributed by atoms with E-state index in [0.717, 1.165) is 17.1 Å². The van der Waals surface area contributed by atoms with Crippen LogP contribution in [0.15, 0.2) is 18.2 Å². The molecule has 0 saturated carbocycles. The maximum Gasteiger partial charge on any atom is 0.338 e. The first kappa shape index (κ1) is 12.9. The predicted octanol–water partition coefficient (Wildman–Crippen LogP) is 2.49. The van der Waals surface area contributed by atoms with E-state index in [-0.39, 0.29) is 5.97 Å². The molecule has 0 amide bonds. The number of anilines is 1. The molecule has 1 aromatic carbocycles. The summed E-state index contributed by atoms with van der Waals surface area (Å²) in [6.45, 7) is 4.35. The van der Waals surface area contributed by atoms with E-state index in [1.54, 1.807) is 30.0 Å². The van der Waals surface area contributed by atoms with Crippen molar-refractivity contribution >= 4 is 23.4 Å². The molecular formula is C12H17NO2S. The van der Waals surface area contributed by atoms with Crippen LogP contribution in [-0.4, -0.2) is 24.1 Å². The molecule has 88 valence electrons. The number of nitrogen functional groups attached to an aromatic ring is 1. The zero-order valence-corrected chi connectivity index (χ0v) is 10.5. The third kappa shape index (κ3) is 3.45. The Morgan fingerprint density at radius 1 is 1.50 bits per heavy atom. The summed E-state index contributed by atoms with van der Waals surface area (Å²) >= 11 is 1.75. The van der Waals surface area contributed by atoms with Crippen LogP contribution in [0.25, 0.3) is 0 Å². The molecule has 0 atom stereocenters. The van der Waals surface area contributed by atoms with Crippen LogP contribution in [0.5, 0.6) is 0 Å². The van der Waals surface area contributed by atoms with Gasteiger partial charge >= 0.3 is 5.97 Å². The maximum absolute atomic E-state index is 11.7. The van der Waals surface area contributed by atoms with Gasteiger partial charge in [-0.05, 0) is 30.4 Å². The normalized spacial score (nSPS) is 10.1. The maximum atomic E-state index is 11.7. The van der Waals surface area contributed by atoms with Gasteiger partial charge in [0.2, 0.25) is 0 Å². The van der Waals surface area contributed by atoms with Crippen LogP contribution in [0.3, 0.4) is 0 Å². The molecule has 0 unspecified atom stereocenters. The Bertz CT molecular complexity index is 366. The second-order valence-electron chi connectivity index (χ2n) is 3.35. The number of thioether (sulfide) groups is 1. The fraction of sp³-hybridized carbons (Fsp3) is 0.417. The molecule has 0 aliphatic carbocycles. The molecule has 0 fully saturated rings. The van der Waals surface area contributed by atoms with Gasteiger partial charge in [-0.1, -0.05) is 13.0 Å². The highest BCUT2D eigenvalue weighted by Crippen LogP contribution is 2.16. The fourth-order valence-corrected chi connectivity index (χ4v) is 1.78. The second kappa shape index (κ2) is 6.43. The molecule has 1 rings (SSSR count). The summed E-state index contributed by atoms with van der Waals surface area (Å²) in [6, 6.07) is 5.28. The number of esters is 1. The highest BCUT2D eigenvalue weighted by molar-refractivity contribution is 7.99. The molecule has 4 heteroatoms. The van der Waals surface area contributed by atoms with Crippen LogP contribution in [0.2, 0.25) is 0 Å². The van der Waals surface area contributed by atoms with E-state index in [0.29, 0.717) is 17.9 Å². The van der Waals surface area contributed by atoms with Crippen molar-refractivity contribution in [1.82, 2.24) is 0 Å². The summed E-state index contributed by atoms with van der Waals surface area (Å²) in [7, 11) is 0. The lowest BCUT2D eigenvalue weighted by Gasteiger charge is -2.08. The van der Waals surface area contributed by atoms with Gasteiger partial charge in [-0.25, -0.2) is 4.79 Å². The van der Waals surface area contributed by atoms with Gasteiger partial charge in [-0.15, -0.1) is 0 Å². The third-order valence-electron chi connectivity index (χ3n) is 2.26. The first-order chi connectivity index (χ1) is 7.66. The molecule has 0 aromatic heterocycles. The molecule has 0 aliphatic rings. The first-order valence-corrected chi connectivity index (χ1v) is 6.42. The summed E-state index contributed by atoms with van der Waals surface area (Å²) in [5.41, 5.74) is 7.69. The Hall–Kier alpha value is -1.16. The lowest BCUT2D eigenvalue weighted by Crippen LogP contribution is -2.10. The smallest absolute Gasteiger partial charge is 0.338 e. The highest BCUT2D eigenvalue weighted by atomic mass is 32.2. The van der Waals surface area contributed by atoms with Crippen LogP contribution in [0, 0.1) is 6.92 Å². The van der Waals surface area contributed by atoms with Crippen LogP contribution < -0.4 is 5.73 Å². The Kier molecular flexibility index (Phi) is 5.19. The van der Waals surface area contributed by atoms with Crippen LogP contribution >= 0.6 is 11.8 Å². The zero-order valence-electron chi connectivity index (χ0n) is 9.66. The number of rotatable bonds is 5. The Morgan fingerprint density at radius 2 is 2.25 bits per heavy atom. The molecule has 0 bridgehead atoms. The topological polar surface area (TPSA) is 52.3 Å². The van der Waals surface area contributed by atoms with Crippen molar-refractivity contribution in [2.45, 2.75) is 13.8 Å². The number of hydrogen-bond donors (Lipinski definition) is 1. The summed E-state index contributed by atoms with van der Waals surface area (Å²) < 4.78 is 5.15. The van der Waals surface area contributed by atoms with Crippen LogP contribution in [0.4, 0.5) is 5.69 Å². The molecule has 3 nitrogen and oxygen atoms in total. The van der Waals surface area contributed by atoms with E-state index < -0.39 is 0 Å². The number of ether oxygens (including phenoxy) is 1. The Morgan fingerprint density at radius 3 is 2.94 bits per heavy atom. The quantitative estimate of drug-likeness (QED) is 0.487. The molecule has 0 radical (unpaired) electrons. The van der Waals surface area contributed by atoms with E-state index in [1.165, 1.54) is 0 Å². The fourth-order valence-electron chi connectivity index (χ4n) is 1.29. The van der Waals surface area contributed by atoms with Gasteiger partial charge in [0.05, 0.1) is 5.56 Å². The average Bonchev–Trinajstić information content (AvgIpc) is 2.28. The van der Waals surface area contributed by atoms with Gasteiger partial charge in [0.25, 0.3) is 0 Å². The minimum Gasteiger partial charge on any atom is -0.461 e. The molecular weight excluding hydrogens is 222 g/mol. The largest absolute Gasteiger partial charge is 0.461 e. The van der Waals surface area contributed by atoms with Crippen molar-refractivity contribution in [1.29, 1.82) is 0 Å². The summed E-state index contributed by atoms with van der Waals surface area (Å²) in [4.78, 5) is 11.7. The van der Waals surface area contributed by atoms with Crippen molar-refractivity contribution in [3.63, 3.8) is 0 Å². The number of benzene rings is 1. The molecule has 0 aliphatic heterocycles. The highest BCUT2D eigenvalue weighted by Gasteiger charge is 2.11. The Balaban J connectivity index is 2.56. The molecule has 16 heavy (non-hydrogen) atoms. The number of nitrogens with two attached hydrogens (primary N) is 1. The van der Waals surface area contributed by atoms with Crippen LogP contribution in [0.1, 0.15) is 22.8 Å². The molecule has 0 heterocycles. The number of carbonyl (C=O) groups is 1.